The number of carbonyl (C=O) groups is 1. The third-order valence-electron chi connectivity index (χ3n) is 5.83. The average molecular weight is 511 g/mol. The van der Waals surface area contributed by atoms with Crippen LogP contribution in [-0.2, 0) is 25.9 Å². The molecule has 2 aromatic heterocycles. The highest BCUT2D eigenvalue weighted by Crippen LogP contribution is 2.28. The van der Waals surface area contributed by atoms with Crippen LogP contribution in [0.5, 0.6) is 5.75 Å². The van der Waals surface area contributed by atoms with Gasteiger partial charge in [-0.1, -0.05) is 12.1 Å². The fourth-order valence-corrected chi connectivity index (χ4v) is 3.78. The number of aromatic nitrogens is 2. The summed E-state index contributed by atoms with van der Waals surface area (Å²) in [4.78, 5) is 22.8. The molecule has 0 aliphatic rings. The van der Waals surface area contributed by atoms with Crippen LogP contribution in [-0.4, -0.2) is 40.0 Å². The first-order valence-corrected chi connectivity index (χ1v) is 11.4. The Bertz CT molecular complexity index is 1390. The summed E-state index contributed by atoms with van der Waals surface area (Å²) >= 11 is 0. The molecule has 0 saturated carbocycles. The number of methoxy groups -OCH3 is 1. The lowest BCUT2D eigenvalue weighted by atomic mass is 10.1. The zero-order chi connectivity index (χ0) is 26.6. The highest BCUT2D eigenvalue weighted by Gasteiger charge is 2.30. The number of anilines is 1. The second-order valence-corrected chi connectivity index (χ2v) is 8.46. The topological polar surface area (TPSA) is 87.6 Å². The largest absolute Gasteiger partial charge is 0.497 e. The van der Waals surface area contributed by atoms with Gasteiger partial charge in [0.25, 0.3) is 5.91 Å². The Morgan fingerprint density at radius 2 is 1.84 bits per heavy atom. The number of aliphatic hydroxyl groups is 1. The van der Waals surface area contributed by atoms with E-state index in [2.05, 4.69) is 15.3 Å². The Labute approximate surface area is 211 Å². The van der Waals surface area contributed by atoms with Crippen molar-refractivity contribution in [3.05, 3.63) is 94.8 Å². The maximum Gasteiger partial charge on any atom is 0.417 e. The number of nitrogens with one attached hydrogen (secondary N) is 1. The summed E-state index contributed by atoms with van der Waals surface area (Å²) in [5.74, 6) is 0.974. The van der Waals surface area contributed by atoms with Crippen molar-refractivity contribution in [2.45, 2.75) is 25.9 Å². The first kappa shape index (κ1) is 25.9. The molecule has 0 aliphatic heterocycles. The van der Waals surface area contributed by atoms with Crippen molar-refractivity contribution in [2.24, 2.45) is 0 Å². The molecule has 2 aromatic carbocycles. The molecule has 2 heterocycles. The smallest absolute Gasteiger partial charge is 0.417 e. The van der Waals surface area contributed by atoms with Crippen LogP contribution in [0.1, 0.15) is 32.7 Å². The standard InChI is InChI=1S/C27H25F3N4O3/c1-34(15-22-7-6-21(14-31-22)27(28,29)30)26(36)18-5-10-24-19(11-18)12-20(16-35)25(33-24)32-13-17-3-8-23(37-2)9-4-17/h3-12,14,35H,13,15-16H2,1-2H3,(H,32,33). The first-order valence-electron chi connectivity index (χ1n) is 11.4. The molecule has 0 spiro atoms. The van der Waals surface area contributed by atoms with E-state index in [1.807, 2.05) is 24.3 Å². The van der Waals surface area contributed by atoms with Crippen LogP contribution >= 0.6 is 0 Å². The Balaban J connectivity index is 1.48. The number of nitrogens with zero attached hydrogens (tertiary/aromatic N) is 3. The normalized spacial score (nSPS) is 11.4. The van der Waals surface area contributed by atoms with E-state index in [0.29, 0.717) is 40.1 Å². The molecule has 0 bridgehead atoms. The minimum absolute atomic E-state index is 0.0450. The van der Waals surface area contributed by atoms with Crippen molar-refractivity contribution >= 4 is 22.6 Å². The van der Waals surface area contributed by atoms with Gasteiger partial charge in [0.15, 0.2) is 0 Å². The van der Waals surface area contributed by atoms with Gasteiger partial charge < -0.3 is 20.1 Å². The zero-order valence-corrected chi connectivity index (χ0v) is 20.2. The van der Waals surface area contributed by atoms with Gasteiger partial charge in [-0.3, -0.25) is 9.78 Å². The molecule has 0 atom stereocenters. The molecule has 4 aromatic rings. The van der Waals surface area contributed by atoms with Crippen molar-refractivity contribution < 1.29 is 27.8 Å². The Kier molecular flexibility index (Phi) is 7.58. The van der Waals surface area contributed by atoms with Crippen LogP contribution in [0, 0.1) is 0 Å². The third kappa shape index (κ3) is 6.15. The van der Waals surface area contributed by atoms with Gasteiger partial charge in [0, 0.05) is 36.3 Å². The lowest BCUT2D eigenvalue weighted by Gasteiger charge is -2.18. The molecule has 7 nitrogen and oxygen atoms in total. The number of ether oxygens (including phenoxy) is 1. The number of aliphatic hydroxyl groups excluding tert-OH is 1. The minimum Gasteiger partial charge on any atom is -0.497 e. The second-order valence-electron chi connectivity index (χ2n) is 8.46. The number of fused-ring (bicyclic) bond motifs is 1. The molecule has 192 valence electrons. The number of rotatable bonds is 8. The molecule has 2 N–H and O–H groups in total. The van der Waals surface area contributed by atoms with Gasteiger partial charge in [-0.15, -0.1) is 0 Å². The summed E-state index contributed by atoms with van der Waals surface area (Å²) < 4.78 is 43.4. The Hall–Kier alpha value is -4.18. The summed E-state index contributed by atoms with van der Waals surface area (Å²) in [6.07, 6.45) is -3.71. The molecule has 0 radical (unpaired) electrons. The second kappa shape index (κ2) is 10.8. The maximum atomic E-state index is 13.0. The maximum absolute atomic E-state index is 13.0. The summed E-state index contributed by atoms with van der Waals surface area (Å²) in [6.45, 7) is 0.295. The number of alkyl halides is 3. The van der Waals surface area contributed by atoms with Crippen molar-refractivity contribution in [3.63, 3.8) is 0 Å². The number of amides is 1. The number of pyridine rings is 2. The van der Waals surface area contributed by atoms with E-state index < -0.39 is 11.7 Å². The van der Waals surface area contributed by atoms with E-state index in [-0.39, 0.29) is 19.1 Å². The van der Waals surface area contributed by atoms with Crippen LogP contribution in [0.3, 0.4) is 0 Å². The van der Waals surface area contributed by atoms with Crippen LogP contribution in [0.15, 0.2) is 66.9 Å². The highest BCUT2D eigenvalue weighted by atomic mass is 19.4. The van der Waals surface area contributed by atoms with Gasteiger partial charge in [-0.05, 0) is 54.1 Å². The molecule has 0 saturated heterocycles. The van der Waals surface area contributed by atoms with Crippen molar-refractivity contribution in [1.29, 1.82) is 0 Å². The number of hydrogen-bond acceptors (Lipinski definition) is 6. The highest BCUT2D eigenvalue weighted by molar-refractivity contribution is 5.98. The van der Waals surface area contributed by atoms with E-state index in [1.165, 1.54) is 11.0 Å². The van der Waals surface area contributed by atoms with Gasteiger partial charge >= 0.3 is 6.18 Å². The molecule has 0 fully saturated rings. The first-order chi connectivity index (χ1) is 17.7. The van der Waals surface area contributed by atoms with Crippen LogP contribution in [0.4, 0.5) is 19.0 Å². The molecular formula is C27H25F3N4O3. The molecular weight excluding hydrogens is 485 g/mol. The van der Waals surface area contributed by atoms with Gasteiger partial charge in [-0.25, -0.2) is 4.98 Å². The van der Waals surface area contributed by atoms with E-state index in [1.54, 1.807) is 38.4 Å². The monoisotopic (exact) mass is 510 g/mol. The fraction of sp³-hybridized carbons (Fsp3) is 0.222. The van der Waals surface area contributed by atoms with E-state index in [0.717, 1.165) is 23.6 Å². The molecule has 4 rings (SSSR count). The van der Waals surface area contributed by atoms with E-state index in [9.17, 15) is 23.1 Å². The van der Waals surface area contributed by atoms with Crippen LogP contribution in [0.25, 0.3) is 10.9 Å². The summed E-state index contributed by atoms with van der Waals surface area (Å²) in [5, 5.41) is 13.8. The van der Waals surface area contributed by atoms with Crippen molar-refractivity contribution in [1.82, 2.24) is 14.9 Å². The van der Waals surface area contributed by atoms with Crippen LogP contribution in [0.2, 0.25) is 0 Å². The molecule has 37 heavy (non-hydrogen) atoms. The van der Waals surface area contributed by atoms with Crippen LogP contribution < -0.4 is 10.1 Å². The molecule has 1 amide bonds. The number of carbonyl (C=O) groups excluding carboxylic acids is 1. The van der Waals surface area contributed by atoms with Gasteiger partial charge in [-0.2, -0.15) is 13.2 Å². The summed E-state index contributed by atoms with van der Waals surface area (Å²) in [7, 11) is 3.16. The van der Waals surface area contributed by atoms with Gasteiger partial charge in [0.2, 0.25) is 0 Å². The SMILES string of the molecule is COc1ccc(CNc2nc3ccc(C(=O)N(C)Cc4ccc(C(F)(F)F)cn4)cc3cc2CO)cc1. The van der Waals surface area contributed by atoms with E-state index >= 15 is 0 Å². The van der Waals surface area contributed by atoms with Gasteiger partial charge in [0.1, 0.15) is 11.6 Å². The molecule has 0 aliphatic carbocycles. The average Bonchev–Trinajstić information content (AvgIpc) is 2.90. The number of benzene rings is 2. The lowest BCUT2D eigenvalue weighted by Crippen LogP contribution is -2.26. The minimum atomic E-state index is -4.47. The Morgan fingerprint density at radius 1 is 1.08 bits per heavy atom. The molecule has 10 heteroatoms. The number of hydrogen-bond donors (Lipinski definition) is 2. The Morgan fingerprint density at radius 3 is 2.46 bits per heavy atom. The predicted molar refractivity (Wildman–Crippen MR) is 133 cm³/mol. The van der Waals surface area contributed by atoms with Gasteiger partial charge in [0.05, 0.1) is 37.0 Å². The lowest BCUT2D eigenvalue weighted by molar-refractivity contribution is -0.137. The quantitative estimate of drug-likeness (QED) is 0.346. The predicted octanol–water partition coefficient (Wildman–Crippen LogP) is 5.03. The van der Waals surface area contributed by atoms with Crippen molar-refractivity contribution in [3.8, 4) is 5.75 Å². The fourth-order valence-electron chi connectivity index (χ4n) is 3.78. The zero-order valence-electron chi connectivity index (χ0n) is 20.2. The van der Waals surface area contributed by atoms with Crippen molar-refractivity contribution in [2.75, 3.05) is 19.5 Å². The van der Waals surface area contributed by atoms with E-state index in [4.69, 9.17) is 4.74 Å². The molecule has 0 unspecified atom stereocenters. The third-order valence-corrected chi connectivity index (χ3v) is 5.83. The summed E-state index contributed by atoms with van der Waals surface area (Å²) in [6, 6.07) is 16.6. The number of halogens is 3. The summed E-state index contributed by atoms with van der Waals surface area (Å²) in [5.41, 5.74) is 2.10.